The first-order chi connectivity index (χ1) is 17.3. The number of aromatic nitrogens is 3. The van der Waals surface area contributed by atoms with Crippen LogP contribution in [0.3, 0.4) is 0 Å². The third kappa shape index (κ3) is 5.34. The number of pyridine rings is 1. The van der Waals surface area contributed by atoms with Gasteiger partial charge in [0.05, 0.1) is 11.1 Å². The molecular weight excluding hydrogens is 436 g/mol. The van der Waals surface area contributed by atoms with Crippen molar-refractivity contribution in [2.75, 3.05) is 23.7 Å². The molecule has 0 aliphatic rings. The standard InChI is InChI=1S/C28H22N6O/c29-18-20-10-15-26(32-19-20)30-16-17-31-28-24-8-4-5-9-25(24)33-27(34-28)21-11-13-23(14-12-21)35-22-6-2-1-3-7-22/h1-15,19H,16-17H2,(H,30,32)(H,31,33,34). The summed E-state index contributed by atoms with van der Waals surface area (Å²) in [6.07, 6.45) is 1.55. The lowest BCUT2D eigenvalue weighted by atomic mass is 10.1. The molecule has 0 aliphatic heterocycles. The number of para-hydroxylation sites is 2. The van der Waals surface area contributed by atoms with Crippen molar-refractivity contribution < 1.29 is 4.74 Å². The van der Waals surface area contributed by atoms with Crippen molar-refractivity contribution in [1.29, 1.82) is 5.26 Å². The van der Waals surface area contributed by atoms with E-state index in [1.165, 1.54) is 0 Å². The molecule has 0 amide bonds. The Bertz CT molecular complexity index is 1460. The molecular formula is C28H22N6O. The summed E-state index contributed by atoms with van der Waals surface area (Å²) < 4.78 is 5.90. The van der Waals surface area contributed by atoms with Gasteiger partial charge in [0.1, 0.15) is 29.2 Å². The van der Waals surface area contributed by atoms with Crippen LogP contribution in [0.5, 0.6) is 11.5 Å². The third-order valence-electron chi connectivity index (χ3n) is 5.31. The maximum atomic E-state index is 8.89. The molecule has 0 aliphatic carbocycles. The Balaban J connectivity index is 1.31. The molecule has 0 saturated heterocycles. The summed E-state index contributed by atoms with van der Waals surface area (Å²) in [5.41, 5.74) is 2.30. The van der Waals surface area contributed by atoms with Gasteiger partial charge in [0.15, 0.2) is 5.82 Å². The Morgan fingerprint density at radius 3 is 2.26 bits per heavy atom. The van der Waals surface area contributed by atoms with Crippen molar-refractivity contribution in [1.82, 2.24) is 15.0 Å². The smallest absolute Gasteiger partial charge is 0.162 e. The number of hydrogen-bond donors (Lipinski definition) is 2. The summed E-state index contributed by atoms with van der Waals surface area (Å²) in [5, 5.41) is 16.5. The highest BCUT2D eigenvalue weighted by Gasteiger charge is 2.10. The quantitative estimate of drug-likeness (QED) is 0.280. The topological polar surface area (TPSA) is 95.8 Å². The molecule has 0 unspecified atom stereocenters. The zero-order valence-corrected chi connectivity index (χ0v) is 18.8. The lowest BCUT2D eigenvalue weighted by molar-refractivity contribution is 0.483. The highest BCUT2D eigenvalue weighted by atomic mass is 16.5. The molecule has 0 bridgehead atoms. The summed E-state index contributed by atoms with van der Waals surface area (Å²) >= 11 is 0. The number of ether oxygens (including phenoxy) is 1. The fourth-order valence-corrected chi connectivity index (χ4v) is 3.57. The van der Waals surface area contributed by atoms with Crippen LogP contribution >= 0.6 is 0 Å². The second kappa shape index (κ2) is 10.3. The second-order valence-corrected chi connectivity index (χ2v) is 7.75. The fraction of sp³-hybridized carbons (Fsp3) is 0.0714. The fourth-order valence-electron chi connectivity index (χ4n) is 3.57. The number of fused-ring (bicyclic) bond motifs is 1. The second-order valence-electron chi connectivity index (χ2n) is 7.75. The number of anilines is 2. The largest absolute Gasteiger partial charge is 0.457 e. The average molecular weight is 459 g/mol. The van der Waals surface area contributed by atoms with Gasteiger partial charge in [-0.05, 0) is 60.7 Å². The van der Waals surface area contributed by atoms with E-state index in [1.807, 2.05) is 78.9 Å². The molecule has 2 aromatic heterocycles. The molecule has 0 atom stereocenters. The van der Waals surface area contributed by atoms with E-state index in [1.54, 1.807) is 18.3 Å². The molecule has 3 aromatic carbocycles. The third-order valence-corrected chi connectivity index (χ3v) is 5.31. The van der Waals surface area contributed by atoms with Crippen molar-refractivity contribution in [2.24, 2.45) is 0 Å². The number of hydrogen-bond acceptors (Lipinski definition) is 7. The summed E-state index contributed by atoms with van der Waals surface area (Å²) in [6.45, 7) is 1.27. The molecule has 2 N–H and O–H groups in total. The zero-order chi connectivity index (χ0) is 23.9. The van der Waals surface area contributed by atoms with Crippen molar-refractivity contribution in [2.45, 2.75) is 0 Å². The molecule has 35 heavy (non-hydrogen) atoms. The first kappa shape index (κ1) is 21.9. The molecule has 5 aromatic rings. The predicted octanol–water partition coefficient (Wildman–Crippen LogP) is 5.88. The van der Waals surface area contributed by atoms with E-state index in [0.29, 0.717) is 24.5 Å². The van der Waals surface area contributed by atoms with Gasteiger partial charge in [-0.1, -0.05) is 30.3 Å². The number of nitriles is 1. The maximum Gasteiger partial charge on any atom is 0.162 e. The normalized spacial score (nSPS) is 10.5. The minimum absolute atomic E-state index is 0.535. The number of nitrogens with one attached hydrogen (secondary N) is 2. The maximum absolute atomic E-state index is 8.89. The van der Waals surface area contributed by atoms with Crippen LogP contribution in [0, 0.1) is 11.3 Å². The van der Waals surface area contributed by atoms with E-state index in [0.717, 1.165) is 39.6 Å². The van der Waals surface area contributed by atoms with Crippen molar-refractivity contribution in [3.63, 3.8) is 0 Å². The summed E-state index contributed by atoms with van der Waals surface area (Å²) in [4.78, 5) is 13.8. The molecule has 0 radical (unpaired) electrons. The molecule has 5 rings (SSSR count). The van der Waals surface area contributed by atoms with Crippen LogP contribution in [-0.4, -0.2) is 28.0 Å². The van der Waals surface area contributed by atoms with Gasteiger partial charge in [-0.3, -0.25) is 0 Å². The Kier molecular flexibility index (Phi) is 6.45. The number of rotatable bonds is 8. The summed E-state index contributed by atoms with van der Waals surface area (Å²) in [5.74, 6) is 3.67. The van der Waals surface area contributed by atoms with E-state index >= 15 is 0 Å². The SMILES string of the molecule is N#Cc1ccc(NCCNc2nc(-c3ccc(Oc4ccccc4)cc3)nc3ccccc23)nc1. The monoisotopic (exact) mass is 458 g/mol. The van der Waals surface area contributed by atoms with E-state index in [4.69, 9.17) is 20.0 Å². The lowest BCUT2D eigenvalue weighted by Gasteiger charge is -2.12. The van der Waals surface area contributed by atoms with Gasteiger partial charge in [-0.15, -0.1) is 0 Å². The Hall–Kier alpha value is -4.96. The minimum atomic E-state index is 0.535. The van der Waals surface area contributed by atoms with Gasteiger partial charge in [0, 0.05) is 30.2 Å². The first-order valence-corrected chi connectivity index (χ1v) is 11.2. The van der Waals surface area contributed by atoms with Gasteiger partial charge in [0.2, 0.25) is 0 Å². The number of nitrogens with zero attached hydrogens (tertiary/aromatic N) is 4. The van der Waals surface area contributed by atoms with Gasteiger partial charge in [-0.25, -0.2) is 15.0 Å². The van der Waals surface area contributed by atoms with Crippen LogP contribution in [-0.2, 0) is 0 Å². The molecule has 7 nitrogen and oxygen atoms in total. The van der Waals surface area contributed by atoms with Crippen molar-refractivity contribution in [3.8, 4) is 29.0 Å². The zero-order valence-electron chi connectivity index (χ0n) is 18.8. The van der Waals surface area contributed by atoms with E-state index < -0.39 is 0 Å². The Morgan fingerprint density at radius 1 is 0.743 bits per heavy atom. The van der Waals surface area contributed by atoms with Crippen LogP contribution < -0.4 is 15.4 Å². The molecule has 2 heterocycles. The Morgan fingerprint density at radius 2 is 1.49 bits per heavy atom. The predicted molar refractivity (Wildman–Crippen MR) is 137 cm³/mol. The average Bonchev–Trinajstić information content (AvgIpc) is 2.92. The van der Waals surface area contributed by atoms with E-state index in [9.17, 15) is 0 Å². The van der Waals surface area contributed by atoms with Gasteiger partial charge >= 0.3 is 0 Å². The van der Waals surface area contributed by atoms with Crippen molar-refractivity contribution in [3.05, 3.63) is 103 Å². The van der Waals surface area contributed by atoms with Crippen molar-refractivity contribution >= 4 is 22.5 Å². The van der Waals surface area contributed by atoms with Gasteiger partial charge in [0.25, 0.3) is 0 Å². The van der Waals surface area contributed by atoms with E-state index in [2.05, 4.69) is 21.7 Å². The van der Waals surface area contributed by atoms with Crippen LogP contribution in [0.25, 0.3) is 22.3 Å². The highest BCUT2D eigenvalue weighted by Crippen LogP contribution is 2.27. The molecule has 0 fully saturated rings. The van der Waals surface area contributed by atoms with E-state index in [-0.39, 0.29) is 0 Å². The van der Waals surface area contributed by atoms with Gasteiger partial charge in [-0.2, -0.15) is 5.26 Å². The summed E-state index contributed by atoms with van der Waals surface area (Å²) in [6, 6.07) is 31.0. The minimum Gasteiger partial charge on any atom is -0.457 e. The van der Waals surface area contributed by atoms with Crippen LogP contribution in [0.2, 0.25) is 0 Å². The van der Waals surface area contributed by atoms with Crippen LogP contribution in [0.15, 0.2) is 97.2 Å². The molecule has 0 spiro atoms. The lowest BCUT2D eigenvalue weighted by Crippen LogP contribution is -2.15. The molecule has 0 saturated carbocycles. The molecule has 7 heteroatoms. The number of benzene rings is 3. The summed E-state index contributed by atoms with van der Waals surface area (Å²) in [7, 11) is 0. The molecule has 170 valence electrons. The van der Waals surface area contributed by atoms with Crippen LogP contribution in [0.1, 0.15) is 5.56 Å². The van der Waals surface area contributed by atoms with Gasteiger partial charge < -0.3 is 15.4 Å². The van der Waals surface area contributed by atoms with Crippen LogP contribution in [0.4, 0.5) is 11.6 Å². The Labute approximate surface area is 203 Å². The first-order valence-electron chi connectivity index (χ1n) is 11.2. The highest BCUT2D eigenvalue weighted by molar-refractivity contribution is 5.90.